The van der Waals surface area contributed by atoms with Crippen LogP contribution in [0.15, 0.2) is 23.1 Å². The Morgan fingerprint density at radius 3 is 2.83 bits per heavy atom. The van der Waals surface area contributed by atoms with Gasteiger partial charge in [-0.3, -0.25) is 0 Å². The Labute approximate surface area is 117 Å². The minimum absolute atomic E-state index is 0.550. The summed E-state index contributed by atoms with van der Waals surface area (Å²) in [6.45, 7) is 2.78. The lowest BCUT2D eigenvalue weighted by atomic mass is 10.3. The Bertz CT molecular complexity index is 373. The Hall–Kier alpha value is -0.580. The van der Waals surface area contributed by atoms with Crippen LogP contribution < -0.4 is 9.47 Å². The lowest BCUT2D eigenvalue weighted by Crippen LogP contribution is -1.99. The molecule has 0 aliphatic carbocycles. The first-order valence-corrected chi connectivity index (χ1v) is 7.58. The fourth-order valence-electron chi connectivity index (χ4n) is 1.61. The van der Waals surface area contributed by atoms with Gasteiger partial charge in [0.25, 0.3) is 0 Å². The van der Waals surface area contributed by atoms with Gasteiger partial charge in [0.1, 0.15) is 0 Å². The molecule has 0 amide bonds. The Morgan fingerprint density at radius 1 is 1.17 bits per heavy atom. The van der Waals surface area contributed by atoms with E-state index in [0.29, 0.717) is 19.1 Å². The first kappa shape index (κ1) is 13.8. The van der Waals surface area contributed by atoms with E-state index < -0.39 is 0 Å². The topological polar surface area (TPSA) is 27.7 Å². The monoisotopic (exact) mass is 288 g/mol. The summed E-state index contributed by atoms with van der Waals surface area (Å²) in [5.74, 6) is 3.15. The molecular weight excluding hydrogens is 272 g/mol. The summed E-state index contributed by atoms with van der Waals surface area (Å²) in [5.41, 5.74) is 0. The van der Waals surface area contributed by atoms with Crippen molar-refractivity contribution >= 4 is 23.4 Å². The van der Waals surface area contributed by atoms with E-state index in [-0.39, 0.29) is 0 Å². The van der Waals surface area contributed by atoms with Gasteiger partial charge in [0.15, 0.2) is 11.5 Å². The molecule has 2 rings (SSSR count). The largest absolute Gasteiger partial charge is 0.490 e. The van der Waals surface area contributed by atoms with Gasteiger partial charge >= 0.3 is 0 Å². The number of hydrogen-bond donors (Lipinski definition) is 0. The van der Waals surface area contributed by atoms with E-state index in [1.807, 2.05) is 12.1 Å². The second-order valence-electron chi connectivity index (χ2n) is 3.81. The fourth-order valence-corrected chi connectivity index (χ4v) is 2.51. The first-order valence-electron chi connectivity index (χ1n) is 6.06. The van der Waals surface area contributed by atoms with Crippen LogP contribution >= 0.6 is 23.4 Å². The van der Waals surface area contributed by atoms with Crippen molar-refractivity contribution in [2.24, 2.45) is 0 Å². The van der Waals surface area contributed by atoms with Crippen LogP contribution in [0.5, 0.6) is 11.5 Å². The summed E-state index contributed by atoms with van der Waals surface area (Å²) in [6, 6.07) is 6.06. The Kier molecular flexibility index (Phi) is 5.97. The number of halogens is 1. The van der Waals surface area contributed by atoms with Crippen LogP contribution in [0.3, 0.4) is 0 Å². The third-order valence-corrected chi connectivity index (χ3v) is 3.55. The van der Waals surface area contributed by atoms with E-state index in [0.717, 1.165) is 36.9 Å². The van der Waals surface area contributed by atoms with Crippen molar-refractivity contribution in [3.63, 3.8) is 0 Å². The van der Waals surface area contributed by atoms with Crippen molar-refractivity contribution in [3.8, 4) is 11.5 Å². The van der Waals surface area contributed by atoms with Crippen molar-refractivity contribution in [1.29, 1.82) is 0 Å². The number of fused-ring (bicyclic) bond motifs is 1. The van der Waals surface area contributed by atoms with Crippen molar-refractivity contribution < 1.29 is 14.2 Å². The highest BCUT2D eigenvalue weighted by atomic mass is 35.5. The standard InChI is InChI=1S/C13H17ClO3S/c14-4-7-15-8-9-18-11-2-3-12-13(10-11)17-6-1-5-16-12/h2-3,10H,1,4-9H2. The quantitative estimate of drug-likeness (QED) is 0.456. The molecule has 0 unspecified atom stereocenters. The zero-order valence-electron chi connectivity index (χ0n) is 10.2. The van der Waals surface area contributed by atoms with Gasteiger partial charge in [-0.15, -0.1) is 23.4 Å². The molecule has 1 aliphatic rings. The van der Waals surface area contributed by atoms with E-state index in [2.05, 4.69) is 6.07 Å². The highest BCUT2D eigenvalue weighted by molar-refractivity contribution is 7.99. The average Bonchev–Trinajstić information content (AvgIpc) is 2.63. The third-order valence-electron chi connectivity index (χ3n) is 2.44. The first-order chi connectivity index (χ1) is 8.90. The minimum atomic E-state index is 0.550. The second kappa shape index (κ2) is 7.77. The smallest absolute Gasteiger partial charge is 0.162 e. The molecule has 0 bridgehead atoms. The van der Waals surface area contributed by atoms with Crippen LogP contribution in [-0.4, -0.2) is 38.1 Å². The molecule has 0 spiro atoms. The van der Waals surface area contributed by atoms with Gasteiger partial charge < -0.3 is 14.2 Å². The molecule has 0 aromatic heterocycles. The van der Waals surface area contributed by atoms with Gasteiger partial charge in [-0.05, 0) is 18.2 Å². The molecule has 0 fully saturated rings. The van der Waals surface area contributed by atoms with Crippen LogP contribution in [0.25, 0.3) is 0 Å². The average molecular weight is 289 g/mol. The molecule has 1 aromatic rings. The molecule has 0 saturated carbocycles. The molecule has 0 saturated heterocycles. The molecule has 100 valence electrons. The molecule has 1 aliphatic heterocycles. The molecule has 0 radical (unpaired) electrons. The molecular formula is C13H17ClO3S. The van der Waals surface area contributed by atoms with E-state index in [1.54, 1.807) is 11.8 Å². The minimum Gasteiger partial charge on any atom is -0.490 e. The zero-order valence-corrected chi connectivity index (χ0v) is 11.8. The predicted octanol–water partition coefficient (Wildman–Crippen LogP) is 3.20. The van der Waals surface area contributed by atoms with E-state index in [9.17, 15) is 0 Å². The van der Waals surface area contributed by atoms with Gasteiger partial charge in [0.2, 0.25) is 0 Å². The van der Waals surface area contributed by atoms with Crippen LogP contribution in [0.1, 0.15) is 6.42 Å². The summed E-state index contributed by atoms with van der Waals surface area (Å²) >= 11 is 7.28. The highest BCUT2D eigenvalue weighted by Crippen LogP contribution is 2.33. The van der Waals surface area contributed by atoms with Crippen molar-refractivity contribution in [3.05, 3.63) is 18.2 Å². The number of rotatable bonds is 6. The molecule has 5 heteroatoms. The van der Waals surface area contributed by atoms with E-state index in [1.165, 1.54) is 4.90 Å². The van der Waals surface area contributed by atoms with Crippen LogP contribution in [0, 0.1) is 0 Å². The summed E-state index contributed by atoms with van der Waals surface area (Å²) in [6.07, 6.45) is 0.934. The van der Waals surface area contributed by atoms with E-state index >= 15 is 0 Å². The molecule has 18 heavy (non-hydrogen) atoms. The second-order valence-corrected chi connectivity index (χ2v) is 5.36. The van der Waals surface area contributed by atoms with Crippen LogP contribution in [0.2, 0.25) is 0 Å². The summed E-state index contributed by atoms with van der Waals surface area (Å²) in [5, 5.41) is 0. The Balaban J connectivity index is 1.84. The number of hydrogen-bond acceptors (Lipinski definition) is 4. The lowest BCUT2D eigenvalue weighted by Gasteiger charge is -2.09. The fraction of sp³-hybridized carbons (Fsp3) is 0.538. The number of alkyl halides is 1. The van der Waals surface area contributed by atoms with Gasteiger partial charge in [-0.1, -0.05) is 0 Å². The van der Waals surface area contributed by atoms with Gasteiger partial charge in [-0.25, -0.2) is 0 Å². The highest BCUT2D eigenvalue weighted by Gasteiger charge is 2.10. The van der Waals surface area contributed by atoms with Crippen molar-refractivity contribution in [1.82, 2.24) is 0 Å². The maximum absolute atomic E-state index is 5.65. The Morgan fingerprint density at radius 2 is 2.00 bits per heavy atom. The van der Waals surface area contributed by atoms with Gasteiger partial charge in [0, 0.05) is 22.9 Å². The van der Waals surface area contributed by atoms with Gasteiger partial charge in [-0.2, -0.15) is 0 Å². The van der Waals surface area contributed by atoms with Crippen LogP contribution in [-0.2, 0) is 4.74 Å². The molecule has 1 aromatic carbocycles. The maximum atomic E-state index is 5.65. The lowest BCUT2D eigenvalue weighted by molar-refractivity contribution is 0.166. The third kappa shape index (κ3) is 4.26. The SMILES string of the molecule is ClCCOCCSc1ccc2c(c1)OCCCO2. The predicted molar refractivity (Wildman–Crippen MR) is 74.3 cm³/mol. The summed E-state index contributed by atoms with van der Waals surface area (Å²) in [4.78, 5) is 1.17. The maximum Gasteiger partial charge on any atom is 0.162 e. The summed E-state index contributed by atoms with van der Waals surface area (Å²) in [7, 11) is 0. The number of ether oxygens (including phenoxy) is 3. The van der Waals surface area contributed by atoms with E-state index in [4.69, 9.17) is 25.8 Å². The van der Waals surface area contributed by atoms with Crippen molar-refractivity contribution in [2.45, 2.75) is 11.3 Å². The number of thioether (sulfide) groups is 1. The zero-order chi connectivity index (χ0) is 12.6. The molecule has 1 heterocycles. The molecule has 0 N–H and O–H groups in total. The molecule has 3 nitrogen and oxygen atoms in total. The number of benzene rings is 1. The van der Waals surface area contributed by atoms with Crippen LogP contribution in [0.4, 0.5) is 0 Å². The van der Waals surface area contributed by atoms with Gasteiger partial charge in [0.05, 0.1) is 26.4 Å². The summed E-state index contributed by atoms with van der Waals surface area (Å²) < 4.78 is 16.6. The normalized spacial score (nSPS) is 14.3. The molecule has 0 atom stereocenters. The van der Waals surface area contributed by atoms with Crippen molar-refractivity contribution in [2.75, 3.05) is 38.1 Å².